The third kappa shape index (κ3) is 3.58. The Balaban J connectivity index is 1.88. The van der Waals surface area contributed by atoms with Crippen molar-refractivity contribution in [3.8, 4) is 10.6 Å². The van der Waals surface area contributed by atoms with Gasteiger partial charge in [0, 0.05) is 5.69 Å². The average Bonchev–Trinajstić information content (AvgIpc) is 2.97. The maximum absolute atomic E-state index is 13.9. The second-order valence-corrected chi connectivity index (χ2v) is 6.53. The Hall–Kier alpha value is -2.60. The van der Waals surface area contributed by atoms with Crippen molar-refractivity contribution in [3.63, 3.8) is 0 Å². The normalized spacial score (nSPS) is 10.7. The van der Waals surface area contributed by atoms with Crippen molar-refractivity contribution in [1.82, 2.24) is 4.98 Å². The predicted molar refractivity (Wildman–Crippen MR) is 96.0 cm³/mol. The average molecular weight is 358 g/mol. The van der Waals surface area contributed by atoms with Gasteiger partial charge in [0.15, 0.2) is 0 Å². The molecule has 0 spiro atoms. The maximum atomic E-state index is 13.9. The van der Waals surface area contributed by atoms with Crippen molar-refractivity contribution in [3.05, 3.63) is 70.2 Å². The monoisotopic (exact) mass is 358 g/mol. The van der Waals surface area contributed by atoms with Gasteiger partial charge >= 0.3 is 0 Å². The fourth-order valence-electron chi connectivity index (χ4n) is 2.43. The van der Waals surface area contributed by atoms with Crippen LogP contribution in [-0.2, 0) is 6.42 Å². The molecule has 1 aromatic heterocycles. The molecule has 6 heteroatoms. The summed E-state index contributed by atoms with van der Waals surface area (Å²) in [7, 11) is 0. The highest BCUT2D eigenvalue weighted by Crippen LogP contribution is 2.32. The number of hydrogen-bond donors (Lipinski definition) is 1. The molecule has 1 heterocycles. The van der Waals surface area contributed by atoms with Gasteiger partial charge in [-0.25, -0.2) is 13.8 Å². The third-order valence-electron chi connectivity index (χ3n) is 3.80. The minimum atomic E-state index is -0.698. The number of rotatable bonds is 4. The van der Waals surface area contributed by atoms with Crippen molar-refractivity contribution in [2.45, 2.75) is 20.3 Å². The number of nitrogens with one attached hydrogen (secondary N) is 1. The Labute approximate surface area is 148 Å². The van der Waals surface area contributed by atoms with E-state index < -0.39 is 11.6 Å². The number of carbonyl (C=O) groups excluding carboxylic acids is 1. The van der Waals surface area contributed by atoms with Crippen LogP contribution in [0, 0.1) is 18.6 Å². The van der Waals surface area contributed by atoms with Crippen LogP contribution in [-0.4, -0.2) is 10.9 Å². The topological polar surface area (TPSA) is 42.0 Å². The lowest BCUT2D eigenvalue weighted by molar-refractivity contribution is 0.103. The molecule has 1 N–H and O–H groups in total. The fourth-order valence-corrected chi connectivity index (χ4v) is 3.44. The summed E-state index contributed by atoms with van der Waals surface area (Å²) < 4.78 is 27.8. The van der Waals surface area contributed by atoms with E-state index in [4.69, 9.17) is 0 Å². The number of halogens is 2. The zero-order valence-corrected chi connectivity index (χ0v) is 14.6. The molecule has 3 rings (SSSR count). The second kappa shape index (κ2) is 7.11. The molecule has 0 aliphatic rings. The predicted octanol–water partition coefficient (Wildman–Crippen LogP) is 5.21. The highest BCUT2D eigenvalue weighted by Gasteiger charge is 2.20. The quantitative estimate of drug-likeness (QED) is 0.695. The van der Waals surface area contributed by atoms with Gasteiger partial charge in [-0.05, 0) is 43.2 Å². The van der Waals surface area contributed by atoms with E-state index in [2.05, 4.69) is 17.2 Å². The zero-order chi connectivity index (χ0) is 18.0. The van der Waals surface area contributed by atoms with Crippen LogP contribution in [0.1, 0.15) is 27.9 Å². The molecule has 0 fully saturated rings. The van der Waals surface area contributed by atoms with Crippen molar-refractivity contribution in [1.29, 1.82) is 0 Å². The molecule has 0 radical (unpaired) electrons. The summed E-state index contributed by atoms with van der Waals surface area (Å²) in [5.41, 5.74) is 2.06. The van der Waals surface area contributed by atoms with E-state index in [-0.39, 0.29) is 16.5 Å². The molecule has 0 saturated heterocycles. The van der Waals surface area contributed by atoms with E-state index in [0.717, 1.165) is 17.8 Å². The van der Waals surface area contributed by atoms with Gasteiger partial charge < -0.3 is 5.32 Å². The van der Waals surface area contributed by atoms with Gasteiger partial charge in [-0.2, -0.15) is 0 Å². The minimum absolute atomic E-state index is 0.152. The van der Waals surface area contributed by atoms with Gasteiger partial charge in [0.05, 0.1) is 11.3 Å². The van der Waals surface area contributed by atoms with Crippen molar-refractivity contribution in [2.24, 2.45) is 0 Å². The first kappa shape index (κ1) is 17.2. The number of benzene rings is 2. The van der Waals surface area contributed by atoms with E-state index in [1.165, 1.54) is 23.8 Å². The molecule has 1 amide bonds. The van der Waals surface area contributed by atoms with Crippen LogP contribution in [0.15, 0.2) is 42.5 Å². The lowest BCUT2D eigenvalue weighted by atomic mass is 10.1. The molecule has 3 aromatic rings. The molecule has 2 aromatic carbocycles. The van der Waals surface area contributed by atoms with Gasteiger partial charge in [0.25, 0.3) is 5.91 Å². The molecule has 0 saturated carbocycles. The number of nitrogens with zero attached hydrogens (tertiary/aromatic N) is 1. The largest absolute Gasteiger partial charge is 0.321 e. The Morgan fingerprint density at radius 2 is 1.76 bits per heavy atom. The summed E-state index contributed by atoms with van der Waals surface area (Å²) in [5, 5.41) is 2.94. The molecular formula is C19H16F2N2OS. The SMILES string of the molecule is CCc1ccc(NC(=O)c2sc(-c3c(F)cccc3F)nc2C)cc1. The Morgan fingerprint density at radius 3 is 2.36 bits per heavy atom. The first-order chi connectivity index (χ1) is 12.0. The van der Waals surface area contributed by atoms with E-state index in [1.54, 1.807) is 6.92 Å². The number of hydrogen-bond acceptors (Lipinski definition) is 3. The Bertz CT molecular complexity index is 899. The summed E-state index contributed by atoms with van der Waals surface area (Å²) in [6.07, 6.45) is 0.916. The summed E-state index contributed by atoms with van der Waals surface area (Å²) in [6.45, 7) is 3.70. The zero-order valence-electron chi connectivity index (χ0n) is 13.8. The molecule has 0 bridgehead atoms. The van der Waals surface area contributed by atoms with Crippen molar-refractivity contribution < 1.29 is 13.6 Å². The Kier molecular flexibility index (Phi) is 4.90. The number of amides is 1. The highest BCUT2D eigenvalue weighted by atomic mass is 32.1. The van der Waals surface area contributed by atoms with Gasteiger partial charge in [-0.1, -0.05) is 25.1 Å². The van der Waals surface area contributed by atoms with E-state index in [0.29, 0.717) is 16.3 Å². The van der Waals surface area contributed by atoms with Gasteiger partial charge in [0.2, 0.25) is 0 Å². The van der Waals surface area contributed by atoms with Crippen LogP contribution in [0.2, 0.25) is 0 Å². The van der Waals surface area contributed by atoms with Gasteiger partial charge in [-0.15, -0.1) is 11.3 Å². The number of anilines is 1. The summed E-state index contributed by atoms with van der Waals surface area (Å²) in [5.74, 6) is -1.74. The standard InChI is InChI=1S/C19H16F2N2OS/c1-3-12-7-9-13(10-8-12)23-18(24)17-11(2)22-19(25-17)16-14(20)5-4-6-15(16)21/h4-10H,3H2,1-2H3,(H,23,24). The molecule has 128 valence electrons. The van der Waals surface area contributed by atoms with E-state index in [9.17, 15) is 13.6 Å². The number of aryl methyl sites for hydroxylation is 2. The number of aromatic nitrogens is 1. The van der Waals surface area contributed by atoms with Crippen LogP contribution >= 0.6 is 11.3 Å². The summed E-state index contributed by atoms with van der Waals surface area (Å²) in [4.78, 5) is 17.0. The minimum Gasteiger partial charge on any atom is -0.321 e. The molecule has 0 aliphatic heterocycles. The smallest absolute Gasteiger partial charge is 0.267 e. The molecule has 25 heavy (non-hydrogen) atoms. The van der Waals surface area contributed by atoms with Crippen LogP contribution in [0.3, 0.4) is 0 Å². The second-order valence-electron chi connectivity index (χ2n) is 5.53. The molecule has 0 aliphatic carbocycles. The van der Waals surface area contributed by atoms with E-state index in [1.807, 2.05) is 24.3 Å². The first-order valence-corrected chi connectivity index (χ1v) is 8.63. The van der Waals surface area contributed by atoms with Gasteiger partial charge in [0.1, 0.15) is 21.5 Å². The lowest BCUT2D eigenvalue weighted by Gasteiger charge is -2.05. The van der Waals surface area contributed by atoms with Crippen LogP contribution in [0.25, 0.3) is 10.6 Å². The maximum Gasteiger partial charge on any atom is 0.267 e. The number of thiazole rings is 1. The highest BCUT2D eigenvalue weighted by molar-refractivity contribution is 7.17. The number of carbonyl (C=O) groups is 1. The van der Waals surface area contributed by atoms with Crippen molar-refractivity contribution in [2.75, 3.05) is 5.32 Å². The molecule has 0 unspecified atom stereocenters. The van der Waals surface area contributed by atoms with Crippen LogP contribution in [0.4, 0.5) is 14.5 Å². The third-order valence-corrected chi connectivity index (χ3v) is 4.97. The molecule has 3 nitrogen and oxygen atoms in total. The van der Waals surface area contributed by atoms with Gasteiger partial charge in [-0.3, -0.25) is 4.79 Å². The summed E-state index contributed by atoms with van der Waals surface area (Å²) >= 11 is 0.973. The van der Waals surface area contributed by atoms with Crippen molar-refractivity contribution >= 4 is 22.9 Å². The van der Waals surface area contributed by atoms with Crippen LogP contribution in [0.5, 0.6) is 0 Å². The lowest BCUT2D eigenvalue weighted by Crippen LogP contribution is -2.11. The molecular weight excluding hydrogens is 342 g/mol. The summed E-state index contributed by atoms with van der Waals surface area (Å²) in [6, 6.07) is 11.2. The van der Waals surface area contributed by atoms with E-state index >= 15 is 0 Å². The molecule has 0 atom stereocenters. The Morgan fingerprint density at radius 1 is 1.12 bits per heavy atom. The fraction of sp³-hybridized carbons (Fsp3) is 0.158. The first-order valence-electron chi connectivity index (χ1n) is 7.81. The van der Waals surface area contributed by atoms with Crippen LogP contribution < -0.4 is 5.32 Å².